The minimum atomic E-state index is -2.00. The fourth-order valence-corrected chi connectivity index (χ4v) is 11.6. The van der Waals surface area contributed by atoms with Gasteiger partial charge in [0, 0.05) is 69.5 Å². The van der Waals surface area contributed by atoms with Crippen LogP contribution in [0.1, 0.15) is 145 Å². The fraction of sp³-hybridized carbons (Fsp3) is 0.800. The summed E-state index contributed by atoms with van der Waals surface area (Å²) in [6.45, 7) is 18.3. The maximum Gasteiger partial charge on any atom is 0.311 e. The highest BCUT2D eigenvalue weighted by Crippen LogP contribution is 2.42. The summed E-state index contributed by atoms with van der Waals surface area (Å²) in [4.78, 5) is 42.0. The zero-order valence-electron chi connectivity index (χ0n) is 46.8. The van der Waals surface area contributed by atoms with E-state index >= 15 is 0 Å². The van der Waals surface area contributed by atoms with Gasteiger partial charge >= 0.3 is 5.97 Å². The molecule has 3 aliphatic heterocycles. The van der Waals surface area contributed by atoms with Crippen molar-refractivity contribution in [1.29, 1.82) is 0 Å². The smallest absolute Gasteiger partial charge is 0.311 e. The number of ketones is 1. The number of cyclic esters (lactones) is 1. The minimum absolute atomic E-state index is 0.0655. The van der Waals surface area contributed by atoms with Crippen molar-refractivity contribution in [3.8, 4) is 11.3 Å². The van der Waals surface area contributed by atoms with Crippen LogP contribution < -0.4 is 5.48 Å². The van der Waals surface area contributed by atoms with Crippen LogP contribution in [0.15, 0.2) is 30.5 Å². The number of hydrogen-bond donors (Lipinski definition) is 6. The topological polar surface area (TPSA) is 263 Å². The fourth-order valence-electron chi connectivity index (χ4n) is 11.6. The molecule has 6 N–H and O–H groups in total. The molecule has 3 saturated heterocycles. The molecule has 0 spiro atoms. The van der Waals surface area contributed by atoms with Crippen molar-refractivity contribution in [2.75, 3.05) is 21.3 Å². The van der Waals surface area contributed by atoms with Crippen molar-refractivity contribution in [2.45, 2.75) is 237 Å². The van der Waals surface area contributed by atoms with Crippen molar-refractivity contribution in [3.63, 3.8) is 0 Å². The number of aliphatic hydroxyl groups is 4. The minimum Gasteiger partial charge on any atom is -0.459 e. The number of aliphatic hydroxyl groups excluding tert-OH is 3. The summed E-state index contributed by atoms with van der Waals surface area (Å²) in [5.74, 6) is -5.09. The molecule has 75 heavy (non-hydrogen) atoms. The SMILES string of the molecule is CC[C@H]1OC(=O)[C@H](C)[C@@H](O[C@H]2C[C@@](C)(OC)[C@@H](O)[C@H](C)O2)[C@H](C)[C@@H](O[C@@H]2O[C@H](C)C[C@H](N(C)Cc3ccc(-c4cn(CCCCCCCCC(=O)NO)nn4)cc3)[C@H]2O)[C@](C)(OC)C[C@@H](C)C(=O)[C@H](C)[C@@H](O)[C@]1(C)O. The van der Waals surface area contributed by atoms with E-state index in [2.05, 4.69) is 15.2 Å². The van der Waals surface area contributed by atoms with Crippen LogP contribution >= 0.6 is 0 Å². The lowest BCUT2D eigenvalue weighted by Crippen LogP contribution is -2.61. The highest BCUT2D eigenvalue weighted by Gasteiger charge is 2.54. The van der Waals surface area contributed by atoms with Crippen LogP contribution in [0.5, 0.6) is 0 Å². The molecule has 1 aromatic carbocycles. The summed E-state index contributed by atoms with van der Waals surface area (Å²) in [5, 5.41) is 64.3. The number of ether oxygens (including phenoxy) is 7. The molecular weight excluding hydrogens is 971 g/mol. The Morgan fingerprint density at radius 2 is 1.51 bits per heavy atom. The van der Waals surface area contributed by atoms with E-state index < -0.39 is 108 Å². The Morgan fingerprint density at radius 3 is 2.13 bits per heavy atom. The number of unbranched alkanes of at least 4 members (excludes halogenated alkanes) is 5. The molecule has 1 aromatic heterocycles. The summed E-state index contributed by atoms with van der Waals surface area (Å²) >= 11 is 0. The molecule has 0 saturated carbocycles. The molecule has 4 heterocycles. The number of esters is 1. The predicted molar refractivity (Wildman–Crippen MR) is 277 cm³/mol. The first-order valence-electron chi connectivity index (χ1n) is 27.2. The predicted octanol–water partition coefficient (Wildman–Crippen LogP) is 5.50. The van der Waals surface area contributed by atoms with Crippen molar-refractivity contribution in [2.24, 2.45) is 23.7 Å². The van der Waals surface area contributed by atoms with Crippen LogP contribution in [-0.2, 0) is 60.6 Å². The van der Waals surface area contributed by atoms with E-state index in [-0.39, 0.29) is 37.1 Å². The van der Waals surface area contributed by atoms with Crippen molar-refractivity contribution < 1.29 is 73.2 Å². The molecule has 0 unspecified atom stereocenters. The largest absolute Gasteiger partial charge is 0.459 e. The lowest BCUT2D eigenvalue weighted by atomic mass is 9.74. The summed E-state index contributed by atoms with van der Waals surface area (Å²) in [7, 11) is 4.95. The van der Waals surface area contributed by atoms with E-state index in [1.807, 2.05) is 56.0 Å². The van der Waals surface area contributed by atoms with Gasteiger partial charge in [-0.05, 0) is 86.3 Å². The summed E-state index contributed by atoms with van der Waals surface area (Å²) in [6.07, 6.45) is -1.58. The number of aromatic nitrogens is 3. The van der Waals surface area contributed by atoms with E-state index in [0.29, 0.717) is 19.4 Å². The Hall–Kier alpha value is -3.51. The number of benzene rings is 1. The lowest BCUT2D eigenvalue weighted by molar-refractivity contribution is -0.319. The molecule has 20 heteroatoms. The maximum atomic E-state index is 14.5. The van der Waals surface area contributed by atoms with Crippen molar-refractivity contribution in [3.05, 3.63) is 36.0 Å². The third-order valence-corrected chi connectivity index (χ3v) is 16.6. The van der Waals surface area contributed by atoms with Crippen LogP contribution in [0.3, 0.4) is 0 Å². The Bertz CT molecular complexity index is 2110. The van der Waals surface area contributed by atoms with Gasteiger partial charge in [-0.1, -0.05) is 82.9 Å². The van der Waals surface area contributed by atoms with Crippen LogP contribution in [0.4, 0.5) is 0 Å². The Balaban J connectivity index is 1.38. The molecule has 5 rings (SSSR count). The lowest BCUT2D eigenvalue weighted by Gasteiger charge is -2.50. The number of likely N-dealkylation sites (N-methyl/N-ethyl adjacent to an activating group) is 1. The second-order valence-corrected chi connectivity index (χ2v) is 22.6. The van der Waals surface area contributed by atoms with Crippen LogP contribution in [0.25, 0.3) is 11.3 Å². The monoisotopic (exact) mass is 1060 g/mol. The Kier molecular flexibility index (Phi) is 22.8. The molecule has 0 radical (unpaired) electrons. The molecule has 20 nitrogen and oxygen atoms in total. The standard InChI is InChI=1S/C55H91N5O15/c1-14-42-55(10,67)48(64)34(4)45(62)32(2)28-54(9,70-13)50(35(5)47(36(6)51(66)73-42)74-44-29-53(8,69-12)49(65)37(7)72-44)75-52-46(63)41(27-33(3)71-52)59(11)30-38-22-24-39(25-23-38)40-31-60(58-56-40)26-20-18-16-15-17-19-21-43(61)57-68/h22-25,31-37,41-42,44,46-50,52,63-65,67-68H,14-21,26-30H2,1-13H3,(H,57,61)/t32-,33-,34+,35+,36-,37+,41+,42-,44+,46-,47+,48-,49+,50-,52+,53-,54-,55-/m1/s1. The highest BCUT2D eigenvalue weighted by molar-refractivity contribution is 5.83. The third kappa shape index (κ3) is 15.4. The third-order valence-electron chi connectivity index (χ3n) is 16.6. The summed E-state index contributed by atoms with van der Waals surface area (Å²) < 4.78 is 46.7. The van der Waals surface area contributed by atoms with Gasteiger partial charge in [0.25, 0.3) is 0 Å². The summed E-state index contributed by atoms with van der Waals surface area (Å²) in [5.41, 5.74) is -0.0528. The van der Waals surface area contributed by atoms with E-state index in [4.69, 9.17) is 38.4 Å². The number of rotatable bonds is 20. The average Bonchev–Trinajstić information content (AvgIpc) is 3.86. The normalized spacial score (nSPS) is 37.5. The second-order valence-electron chi connectivity index (χ2n) is 22.6. The number of hydroxylamine groups is 1. The van der Waals surface area contributed by atoms with E-state index in [0.717, 1.165) is 61.9 Å². The van der Waals surface area contributed by atoms with Gasteiger partial charge in [-0.2, -0.15) is 0 Å². The molecule has 18 atom stereocenters. The second kappa shape index (κ2) is 27.4. The van der Waals surface area contributed by atoms with Gasteiger partial charge in [0.2, 0.25) is 5.91 Å². The zero-order valence-corrected chi connectivity index (χ0v) is 46.8. The number of nitrogens with one attached hydrogen (secondary N) is 1. The van der Waals surface area contributed by atoms with Gasteiger partial charge in [0.1, 0.15) is 35.4 Å². The number of hydrogen-bond acceptors (Lipinski definition) is 18. The first-order chi connectivity index (χ1) is 35.3. The quantitative estimate of drug-likeness (QED) is 0.0414. The molecule has 2 aromatic rings. The molecule has 3 aliphatic rings. The molecule has 3 fully saturated rings. The van der Waals surface area contributed by atoms with Gasteiger partial charge in [0.05, 0.1) is 53.8 Å². The Labute approximate surface area is 444 Å². The average molecular weight is 1060 g/mol. The van der Waals surface area contributed by atoms with Crippen LogP contribution in [0.2, 0.25) is 0 Å². The first-order valence-corrected chi connectivity index (χ1v) is 27.2. The maximum absolute atomic E-state index is 14.5. The van der Waals surface area contributed by atoms with Crippen LogP contribution in [0, 0.1) is 23.7 Å². The number of aryl methyl sites for hydroxylation is 1. The van der Waals surface area contributed by atoms with E-state index in [1.165, 1.54) is 21.1 Å². The van der Waals surface area contributed by atoms with E-state index in [1.54, 1.807) is 53.9 Å². The van der Waals surface area contributed by atoms with Gasteiger partial charge in [0.15, 0.2) is 12.6 Å². The number of Topliss-reactive ketones (excluding diaryl/α,β-unsaturated/α-hetero) is 1. The van der Waals surface area contributed by atoms with Crippen molar-refractivity contribution >= 4 is 17.7 Å². The van der Waals surface area contributed by atoms with Gasteiger partial charge in [-0.15, -0.1) is 5.10 Å². The van der Waals surface area contributed by atoms with E-state index in [9.17, 15) is 34.8 Å². The zero-order chi connectivity index (χ0) is 55.6. The number of methoxy groups -OCH3 is 2. The van der Waals surface area contributed by atoms with Crippen LogP contribution in [-0.4, -0.2) is 169 Å². The number of amides is 1. The molecule has 0 aliphatic carbocycles. The molecule has 1 amide bonds. The number of carbonyl (C=O) groups excluding carboxylic acids is 3. The molecule has 0 bridgehead atoms. The van der Waals surface area contributed by atoms with Crippen molar-refractivity contribution in [1.82, 2.24) is 25.4 Å². The number of carbonyl (C=O) groups is 3. The highest BCUT2D eigenvalue weighted by atomic mass is 16.7. The first kappa shape index (κ1) is 62.3. The van der Waals surface area contributed by atoms with Gasteiger partial charge < -0.3 is 53.6 Å². The summed E-state index contributed by atoms with van der Waals surface area (Å²) in [6, 6.07) is 7.64. The number of nitrogens with zero attached hydrogens (tertiary/aromatic N) is 4. The van der Waals surface area contributed by atoms with Gasteiger partial charge in [-0.3, -0.25) is 29.2 Å². The molecule has 426 valence electrons. The van der Waals surface area contributed by atoms with Gasteiger partial charge in [-0.25, -0.2) is 5.48 Å². The Morgan fingerprint density at radius 1 is 0.867 bits per heavy atom. The molecular formula is C55H91N5O15.